The number of nitrogens with one attached hydrogen (secondary N) is 1. The molecule has 6 nitrogen and oxygen atoms in total. The maximum Gasteiger partial charge on any atom is 0.337 e. The van der Waals surface area contributed by atoms with Gasteiger partial charge in [-0.25, -0.2) is 4.79 Å². The fraction of sp³-hybridized carbons (Fsp3) is 0.217. The van der Waals surface area contributed by atoms with E-state index in [1.54, 1.807) is 36.4 Å². The highest BCUT2D eigenvalue weighted by atomic mass is 16.5. The molecule has 0 aliphatic rings. The first-order valence-corrected chi connectivity index (χ1v) is 9.36. The zero-order valence-corrected chi connectivity index (χ0v) is 16.4. The number of hydrogen-bond acceptors (Lipinski definition) is 5. The van der Waals surface area contributed by atoms with Crippen LogP contribution in [-0.2, 0) is 11.3 Å². The molecule has 0 aliphatic carbocycles. The van der Waals surface area contributed by atoms with Crippen molar-refractivity contribution >= 4 is 11.9 Å². The van der Waals surface area contributed by atoms with Gasteiger partial charge in [-0.05, 0) is 48.4 Å². The Labute approximate surface area is 169 Å². The van der Waals surface area contributed by atoms with Crippen molar-refractivity contribution in [2.24, 2.45) is 0 Å². The second-order valence-electron chi connectivity index (χ2n) is 6.42. The maximum atomic E-state index is 12.5. The summed E-state index contributed by atoms with van der Waals surface area (Å²) in [7, 11) is 1.33. The van der Waals surface area contributed by atoms with E-state index in [4.69, 9.17) is 9.15 Å². The van der Waals surface area contributed by atoms with Crippen LogP contribution in [0, 0.1) is 0 Å². The predicted octanol–water partition coefficient (Wildman–Crippen LogP) is 4.53. The summed E-state index contributed by atoms with van der Waals surface area (Å²) >= 11 is 0. The molecule has 1 amide bonds. The molecule has 0 saturated carbocycles. The Balaban J connectivity index is 1.57. The Morgan fingerprint density at radius 2 is 1.72 bits per heavy atom. The number of esters is 1. The average molecular weight is 393 g/mol. The summed E-state index contributed by atoms with van der Waals surface area (Å²) in [5.41, 5.74) is 1.49. The molecule has 0 radical (unpaired) electrons. The van der Waals surface area contributed by atoms with Crippen molar-refractivity contribution in [3.8, 4) is 5.75 Å². The minimum absolute atomic E-state index is 0.0816. The van der Waals surface area contributed by atoms with Crippen LogP contribution in [0.4, 0.5) is 0 Å². The Bertz CT molecular complexity index is 947. The predicted molar refractivity (Wildman–Crippen MR) is 108 cm³/mol. The molecule has 29 heavy (non-hydrogen) atoms. The molecule has 1 unspecified atom stereocenters. The molecule has 3 rings (SSSR count). The lowest BCUT2D eigenvalue weighted by Crippen LogP contribution is -2.27. The third-order valence-corrected chi connectivity index (χ3v) is 4.46. The Kier molecular flexibility index (Phi) is 6.68. The zero-order valence-electron chi connectivity index (χ0n) is 16.4. The standard InChI is InChI=1S/C23H23NO5/c1-3-20(16-7-5-4-6-8-16)24-22(25)21-14-13-19(29-21)15-28-18-11-9-17(10-12-18)23(26)27-2/h4-14,20H,3,15H2,1-2H3,(H,24,25). The van der Waals surface area contributed by atoms with Crippen molar-refractivity contribution < 1.29 is 23.5 Å². The van der Waals surface area contributed by atoms with Crippen molar-refractivity contribution in [3.63, 3.8) is 0 Å². The number of ether oxygens (including phenoxy) is 2. The van der Waals surface area contributed by atoms with Gasteiger partial charge in [0, 0.05) is 0 Å². The van der Waals surface area contributed by atoms with Crippen LogP contribution >= 0.6 is 0 Å². The first kappa shape index (κ1) is 20.2. The van der Waals surface area contributed by atoms with Crippen LogP contribution in [0.15, 0.2) is 71.1 Å². The van der Waals surface area contributed by atoms with Gasteiger partial charge in [0.2, 0.25) is 0 Å². The van der Waals surface area contributed by atoms with E-state index in [1.165, 1.54) is 7.11 Å². The zero-order chi connectivity index (χ0) is 20.6. The smallest absolute Gasteiger partial charge is 0.337 e. The molecule has 150 valence electrons. The summed E-state index contributed by atoms with van der Waals surface area (Å²) in [6, 6.07) is 19.7. The molecular weight excluding hydrogens is 370 g/mol. The molecule has 1 N–H and O–H groups in total. The quantitative estimate of drug-likeness (QED) is 0.569. The van der Waals surface area contributed by atoms with Crippen LogP contribution in [0.3, 0.4) is 0 Å². The summed E-state index contributed by atoms with van der Waals surface area (Å²) < 4.78 is 15.9. The van der Waals surface area contributed by atoms with Crippen molar-refractivity contribution in [1.82, 2.24) is 5.32 Å². The van der Waals surface area contributed by atoms with E-state index < -0.39 is 5.97 Å². The van der Waals surface area contributed by atoms with E-state index in [9.17, 15) is 9.59 Å². The van der Waals surface area contributed by atoms with Crippen LogP contribution < -0.4 is 10.1 Å². The highest BCUT2D eigenvalue weighted by molar-refractivity contribution is 5.91. The minimum Gasteiger partial charge on any atom is -0.486 e. The lowest BCUT2D eigenvalue weighted by molar-refractivity contribution is 0.0600. The molecule has 0 spiro atoms. The van der Waals surface area contributed by atoms with Crippen LogP contribution in [0.1, 0.15) is 51.6 Å². The number of methoxy groups -OCH3 is 1. The number of carbonyl (C=O) groups is 2. The van der Waals surface area contributed by atoms with E-state index in [1.807, 2.05) is 37.3 Å². The molecule has 1 heterocycles. The number of carbonyl (C=O) groups excluding carboxylic acids is 2. The Hall–Kier alpha value is -3.54. The fourth-order valence-electron chi connectivity index (χ4n) is 2.87. The van der Waals surface area contributed by atoms with Crippen LogP contribution in [-0.4, -0.2) is 19.0 Å². The number of rotatable bonds is 8. The van der Waals surface area contributed by atoms with Gasteiger partial charge in [0.05, 0.1) is 18.7 Å². The van der Waals surface area contributed by atoms with Gasteiger partial charge in [-0.2, -0.15) is 0 Å². The van der Waals surface area contributed by atoms with Gasteiger partial charge >= 0.3 is 5.97 Å². The minimum atomic E-state index is -0.404. The maximum absolute atomic E-state index is 12.5. The molecule has 6 heteroatoms. The van der Waals surface area contributed by atoms with Gasteiger partial charge in [0.1, 0.15) is 18.1 Å². The first-order valence-electron chi connectivity index (χ1n) is 9.36. The van der Waals surface area contributed by atoms with E-state index in [0.717, 1.165) is 12.0 Å². The topological polar surface area (TPSA) is 77.8 Å². The lowest BCUT2D eigenvalue weighted by atomic mass is 10.0. The molecule has 2 aromatic carbocycles. The van der Waals surface area contributed by atoms with E-state index >= 15 is 0 Å². The number of amides is 1. The monoisotopic (exact) mass is 393 g/mol. The second kappa shape index (κ2) is 9.59. The van der Waals surface area contributed by atoms with Gasteiger partial charge in [0.15, 0.2) is 5.76 Å². The number of hydrogen-bond donors (Lipinski definition) is 1. The molecule has 1 aromatic heterocycles. The summed E-state index contributed by atoms with van der Waals surface area (Å²) in [5, 5.41) is 2.99. The molecule has 1 atom stereocenters. The summed E-state index contributed by atoms with van der Waals surface area (Å²) in [6.07, 6.45) is 0.772. The largest absolute Gasteiger partial charge is 0.486 e. The van der Waals surface area contributed by atoms with E-state index in [-0.39, 0.29) is 24.3 Å². The van der Waals surface area contributed by atoms with Crippen molar-refractivity contribution in [2.45, 2.75) is 26.0 Å². The van der Waals surface area contributed by atoms with Crippen LogP contribution in [0.5, 0.6) is 5.75 Å². The number of furan rings is 1. The Morgan fingerprint density at radius 3 is 2.38 bits per heavy atom. The molecule has 0 aliphatic heterocycles. The molecule has 0 bridgehead atoms. The number of benzene rings is 2. The summed E-state index contributed by atoms with van der Waals surface area (Å²) in [4.78, 5) is 24.0. The van der Waals surface area contributed by atoms with Gasteiger partial charge < -0.3 is 19.2 Å². The Morgan fingerprint density at radius 1 is 1.00 bits per heavy atom. The van der Waals surface area contributed by atoms with Crippen LogP contribution in [0.2, 0.25) is 0 Å². The third-order valence-electron chi connectivity index (χ3n) is 4.46. The summed E-state index contributed by atoms with van der Waals surface area (Å²) in [5.74, 6) is 0.669. The van der Waals surface area contributed by atoms with Crippen molar-refractivity contribution in [2.75, 3.05) is 7.11 Å². The van der Waals surface area contributed by atoms with E-state index in [0.29, 0.717) is 17.1 Å². The average Bonchev–Trinajstić information content (AvgIpc) is 3.25. The van der Waals surface area contributed by atoms with Gasteiger partial charge in [-0.1, -0.05) is 37.3 Å². The van der Waals surface area contributed by atoms with Crippen molar-refractivity contribution in [1.29, 1.82) is 0 Å². The molecular formula is C23H23NO5. The third kappa shape index (κ3) is 5.25. The molecule has 0 fully saturated rings. The van der Waals surface area contributed by atoms with Gasteiger partial charge in [0.25, 0.3) is 5.91 Å². The van der Waals surface area contributed by atoms with Gasteiger partial charge in [-0.15, -0.1) is 0 Å². The van der Waals surface area contributed by atoms with Crippen molar-refractivity contribution in [3.05, 3.63) is 89.4 Å². The molecule has 0 saturated heterocycles. The second-order valence-corrected chi connectivity index (χ2v) is 6.42. The lowest BCUT2D eigenvalue weighted by Gasteiger charge is -2.16. The fourth-order valence-corrected chi connectivity index (χ4v) is 2.87. The normalized spacial score (nSPS) is 11.5. The van der Waals surface area contributed by atoms with E-state index in [2.05, 4.69) is 10.1 Å². The van der Waals surface area contributed by atoms with Crippen LogP contribution in [0.25, 0.3) is 0 Å². The first-order chi connectivity index (χ1) is 14.1. The highest BCUT2D eigenvalue weighted by Gasteiger charge is 2.17. The SMILES string of the molecule is CCC(NC(=O)c1ccc(COc2ccc(C(=O)OC)cc2)o1)c1ccccc1. The summed E-state index contributed by atoms with van der Waals surface area (Å²) in [6.45, 7) is 2.19. The molecule has 3 aromatic rings. The highest BCUT2D eigenvalue weighted by Crippen LogP contribution is 2.19. The van der Waals surface area contributed by atoms with Gasteiger partial charge in [-0.3, -0.25) is 4.79 Å².